The fourth-order valence-electron chi connectivity index (χ4n) is 3.60. The molecule has 4 rings (SSSR count). The van der Waals surface area contributed by atoms with Gasteiger partial charge in [0.15, 0.2) is 0 Å². The van der Waals surface area contributed by atoms with Crippen LogP contribution in [0.3, 0.4) is 0 Å². The Kier molecular flexibility index (Phi) is 6.55. The number of benzene rings is 3. The van der Waals surface area contributed by atoms with Gasteiger partial charge in [-0.05, 0) is 27.8 Å². The third kappa shape index (κ3) is 5.14. The Labute approximate surface area is 177 Å². The van der Waals surface area contributed by atoms with Crippen molar-refractivity contribution >= 4 is 24.3 Å². The van der Waals surface area contributed by atoms with Crippen LogP contribution >= 0.6 is 0 Å². The van der Waals surface area contributed by atoms with Crippen molar-refractivity contribution in [3.8, 4) is 0 Å². The number of aliphatic hydroxyl groups is 2. The molecule has 0 amide bonds. The summed E-state index contributed by atoms with van der Waals surface area (Å²) in [5, 5.41) is 19.1. The predicted molar refractivity (Wildman–Crippen MR) is 123 cm³/mol. The van der Waals surface area contributed by atoms with Gasteiger partial charge in [-0.2, -0.15) is 0 Å². The maximum Gasteiger partial charge on any atom is 0.107 e. The van der Waals surface area contributed by atoms with Crippen molar-refractivity contribution in [2.75, 3.05) is 6.61 Å². The lowest BCUT2D eigenvalue weighted by Gasteiger charge is -2.12. The Morgan fingerprint density at radius 2 is 1.17 bits per heavy atom. The molecule has 0 saturated carbocycles. The van der Waals surface area contributed by atoms with E-state index in [-0.39, 0.29) is 12.7 Å². The summed E-state index contributed by atoms with van der Waals surface area (Å²) in [4.78, 5) is 0. The molecule has 3 nitrogen and oxygen atoms in total. The van der Waals surface area contributed by atoms with Crippen LogP contribution in [0.1, 0.15) is 40.3 Å². The zero-order valence-corrected chi connectivity index (χ0v) is 16.8. The molecule has 0 spiro atoms. The standard InChI is InChI=1S/C27H26O3/c28-19-27-25(29)18-26(30-27)24-16-14-23(15-17-24)13-12-22-10-8-21(9-11-22)7-6-20-4-2-1-3-5-20/h1-17,25-29H,18-19H2/b7-6+,13-12+/t25-,26-,27-/m1/s1. The Balaban J connectivity index is 1.36. The van der Waals surface area contributed by atoms with Gasteiger partial charge in [-0.1, -0.05) is 103 Å². The molecule has 152 valence electrons. The van der Waals surface area contributed by atoms with Crippen LogP contribution in [0.5, 0.6) is 0 Å². The first-order valence-electron chi connectivity index (χ1n) is 10.3. The minimum atomic E-state index is -0.606. The lowest BCUT2D eigenvalue weighted by atomic mass is 10.0. The summed E-state index contributed by atoms with van der Waals surface area (Å²) in [6, 6.07) is 26.9. The van der Waals surface area contributed by atoms with E-state index in [9.17, 15) is 10.2 Å². The number of rotatable bonds is 6. The normalized spacial score (nSPS) is 21.6. The van der Waals surface area contributed by atoms with Crippen LogP contribution in [0.4, 0.5) is 0 Å². The molecule has 3 aromatic carbocycles. The highest BCUT2D eigenvalue weighted by atomic mass is 16.5. The molecule has 1 aliphatic rings. The van der Waals surface area contributed by atoms with Crippen LogP contribution < -0.4 is 0 Å². The molecule has 3 heteroatoms. The summed E-state index contributed by atoms with van der Waals surface area (Å²) in [5.41, 5.74) is 5.62. The van der Waals surface area contributed by atoms with E-state index in [0.717, 1.165) is 16.7 Å². The second-order valence-electron chi connectivity index (χ2n) is 7.56. The van der Waals surface area contributed by atoms with Crippen molar-refractivity contribution in [2.24, 2.45) is 0 Å². The molecule has 30 heavy (non-hydrogen) atoms. The summed E-state index contributed by atoms with van der Waals surface area (Å²) >= 11 is 0. The van der Waals surface area contributed by atoms with Crippen LogP contribution in [0.15, 0.2) is 78.9 Å². The van der Waals surface area contributed by atoms with Gasteiger partial charge in [0, 0.05) is 6.42 Å². The highest BCUT2D eigenvalue weighted by Gasteiger charge is 2.33. The third-order valence-corrected chi connectivity index (χ3v) is 5.38. The first kappa shape index (κ1) is 20.3. The smallest absolute Gasteiger partial charge is 0.107 e. The molecule has 0 unspecified atom stereocenters. The number of aliphatic hydroxyl groups excluding tert-OH is 2. The molecular formula is C27H26O3. The van der Waals surface area contributed by atoms with Gasteiger partial charge in [0.1, 0.15) is 6.10 Å². The minimum absolute atomic E-state index is 0.153. The molecule has 0 radical (unpaired) electrons. The molecule has 3 aromatic rings. The second-order valence-corrected chi connectivity index (χ2v) is 7.56. The van der Waals surface area contributed by atoms with Crippen molar-refractivity contribution in [3.05, 3.63) is 107 Å². The van der Waals surface area contributed by atoms with Gasteiger partial charge in [-0.3, -0.25) is 0 Å². The number of hydrogen-bond acceptors (Lipinski definition) is 3. The fraction of sp³-hybridized carbons (Fsp3) is 0.185. The lowest BCUT2D eigenvalue weighted by Crippen LogP contribution is -2.24. The molecule has 0 aromatic heterocycles. The minimum Gasteiger partial charge on any atom is -0.394 e. The zero-order chi connectivity index (χ0) is 20.8. The molecule has 1 fully saturated rings. The Morgan fingerprint density at radius 1 is 0.700 bits per heavy atom. The summed E-state index contributed by atoms with van der Waals surface area (Å²) in [6.07, 6.45) is 7.67. The summed E-state index contributed by atoms with van der Waals surface area (Å²) in [6.45, 7) is -0.153. The molecule has 1 aliphatic heterocycles. The van der Waals surface area contributed by atoms with Crippen LogP contribution in [0, 0.1) is 0 Å². The topological polar surface area (TPSA) is 49.7 Å². The van der Waals surface area contributed by atoms with Crippen molar-refractivity contribution in [1.29, 1.82) is 0 Å². The van der Waals surface area contributed by atoms with E-state index in [0.29, 0.717) is 6.42 Å². The van der Waals surface area contributed by atoms with E-state index in [2.05, 4.69) is 60.7 Å². The molecule has 1 saturated heterocycles. The fourth-order valence-corrected chi connectivity index (χ4v) is 3.60. The molecular weight excluding hydrogens is 372 g/mol. The second kappa shape index (κ2) is 9.68. The van der Waals surface area contributed by atoms with Crippen molar-refractivity contribution in [1.82, 2.24) is 0 Å². The molecule has 0 aliphatic carbocycles. The predicted octanol–water partition coefficient (Wildman–Crippen LogP) is 5.21. The first-order valence-corrected chi connectivity index (χ1v) is 10.3. The van der Waals surface area contributed by atoms with E-state index in [1.807, 2.05) is 42.5 Å². The first-order chi connectivity index (χ1) is 14.7. The Morgan fingerprint density at radius 3 is 1.63 bits per heavy atom. The summed E-state index contributed by atoms with van der Waals surface area (Å²) < 4.78 is 5.71. The molecule has 1 heterocycles. The van der Waals surface area contributed by atoms with Crippen molar-refractivity contribution in [2.45, 2.75) is 24.7 Å². The number of hydrogen-bond donors (Lipinski definition) is 2. The van der Waals surface area contributed by atoms with E-state index in [1.54, 1.807) is 0 Å². The van der Waals surface area contributed by atoms with Crippen LogP contribution in [-0.4, -0.2) is 29.0 Å². The van der Waals surface area contributed by atoms with Crippen molar-refractivity contribution in [3.63, 3.8) is 0 Å². The SMILES string of the molecule is OC[C@H]1O[C@@H](c2ccc(/C=C/c3ccc(/C=C/c4ccccc4)cc3)cc2)C[C@H]1O. The van der Waals surface area contributed by atoms with E-state index in [4.69, 9.17) is 4.74 Å². The van der Waals surface area contributed by atoms with Crippen LogP contribution in [0.2, 0.25) is 0 Å². The van der Waals surface area contributed by atoms with E-state index < -0.39 is 12.2 Å². The molecule has 0 bridgehead atoms. The van der Waals surface area contributed by atoms with Gasteiger partial charge < -0.3 is 14.9 Å². The highest BCUT2D eigenvalue weighted by Crippen LogP contribution is 2.33. The average molecular weight is 399 g/mol. The average Bonchev–Trinajstić information content (AvgIpc) is 3.18. The zero-order valence-electron chi connectivity index (χ0n) is 16.8. The van der Waals surface area contributed by atoms with Crippen LogP contribution in [-0.2, 0) is 4.74 Å². The van der Waals surface area contributed by atoms with Gasteiger partial charge in [-0.25, -0.2) is 0 Å². The van der Waals surface area contributed by atoms with Gasteiger partial charge >= 0.3 is 0 Å². The number of ether oxygens (including phenoxy) is 1. The summed E-state index contributed by atoms with van der Waals surface area (Å²) in [7, 11) is 0. The van der Waals surface area contributed by atoms with Crippen LogP contribution in [0.25, 0.3) is 24.3 Å². The Bertz CT molecular complexity index is 989. The maximum absolute atomic E-state index is 9.90. The quantitative estimate of drug-likeness (QED) is 0.561. The summed E-state index contributed by atoms with van der Waals surface area (Å²) in [5.74, 6) is 0. The van der Waals surface area contributed by atoms with Gasteiger partial charge in [0.05, 0.1) is 18.8 Å². The highest BCUT2D eigenvalue weighted by molar-refractivity contribution is 5.73. The largest absolute Gasteiger partial charge is 0.394 e. The monoisotopic (exact) mass is 398 g/mol. The Hall–Kier alpha value is -2.98. The lowest BCUT2D eigenvalue weighted by molar-refractivity contribution is -0.0225. The molecule has 3 atom stereocenters. The van der Waals surface area contributed by atoms with Crippen molar-refractivity contribution < 1.29 is 14.9 Å². The van der Waals surface area contributed by atoms with E-state index >= 15 is 0 Å². The van der Waals surface area contributed by atoms with Gasteiger partial charge in [0.25, 0.3) is 0 Å². The van der Waals surface area contributed by atoms with Gasteiger partial charge in [0.2, 0.25) is 0 Å². The van der Waals surface area contributed by atoms with Gasteiger partial charge in [-0.15, -0.1) is 0 Å². The maximum atomic E-state index is 9.90. The van der Waals surface area contributed by atoms with E-state index in [1.165, 1.54) is 11.1 Å². The third-order valence-electron chi connectivity index (χ3n) is 5.38. The molecule has 2 N–H and O–H groups in total.